The first-order chi connectivity index (χ1) is 21.9. The molecule has 0 radical (unpaired) electrons. The number of piperazine rings is 1. The maximum Gasteiger partial charge on any atom is 0.338 e. The molecule has 0 aliphatic carbocycles. The van der Waals surface area contributed by atoms with Gasteiger partial charge in [-0.05, 0) is 60.4 Å². The first-order valence-electron chi connectivity index (χ1n) is 15.3. The number of anilines is 1. The average molecular weight is 602 g/mol. The van der Waals surface area contributed by atoms with Gasteiger partial charge in [0.2, 0.25) is 11.7 Å². The summed E-state index contributed by atoms with van der Waals surface area (Å²) in [6.07, 6.45) is 2.08. The quantitative estimate of drug-likeness (QED) is 0.145. The number of esters is 1. The number of benzene rings is 3. The van der Waals surface area contributed by atoms with Gasteiger partial charge in [-0.2, -0.15) is 0 Å². The maximum absolute atomic E-state index is 13.3. The van der Waals surface area contributed by atoms with Gasteiger partial charge in [0.05, 0.1) is 18.6 Å². The highest BCUT2D eigenvalue weighted by molar-refractivity contribution is 6.02. The van der Waals surface area contributed by atoms with Crippen LogP contribution in [0.2, 0.25) is 0 Å². The van der Waals surface area contributed by atoms with Crippen molar-refractivity contribution in [3.05, 3.63) is 119 Å². The molecule has 0 N–H and O–H groups in total. The van der Waals surface area contributed by atoms with Gasteiger partial charge in [-0.15, -0.1) is 0 Å². The third-order valence-electron chi connectivity index (χ3n) is 8.28. The van der Waals surface area contributed by atoms with Crippen LogP contribution in [0.25, 0.3) is 22.1 Å². The second kappa shape index (κ2) is 13.2. The fourth-order valence-electron chi connectivity index (χ4n) is 5.81. The molecule has 0 spiro atoms. The Morgan fingerprint density at radius 3 is 2.33 bits per heavy atom. The molecule has 0 unspecified atom stereocenters. The van der Waals surface area contributed by atoms with E-state index in [9.17, 15) is 14.4 Å². The summed E-state index contributed by atoms with van der Waals surface area (Å²) < 4.78 is 11.2. The summed E-state index contributed by atoms with van der Waals surface area (Å²) in [6.45, 7) is 6.36. The van der Waals surface area contributed by atoms with Crippen molar-refractivity contribution < 1.29 is 23.5 Å². The van der Waals surface area contributed by atoms with Gasteiger partial charge in [0, 0.05) is 49.7 Å². The lowest BCUT2D eigenvalue weighted by molar-refractivity contribution is -0.130. The number of carbonyl (C=O) groups is 3. The zero-order valence-corrected chi connectivity index (χ0v) is 25.5. The molecule has 3 heterocycles. The monoisotopic (exact) mass is 601 g/mol. The minimum Gasteiger partial charge on any atom is -0.462 e. The summed E-state index contributed by atoms with van der Waals surface area (Å²) in [4.78, 5) is 47.2. The van der Waals surface area contributed by atoms with Crippen molar-refractivity contribution in [3.63, 3.8) is 0 Å². The second-order valence-corrected chi connectivity index (χ2v) is 11.2. The molecule has 1 amide bonds. The number of aromatic nitrogens is 1. The lowest BCUT2D eigenvalue weighted by atomic mass is 10.0. The minimum absolute atomic E-state index is 0.0228. The number of hydrogen-bond acceptors (Lipinski definition) is 7. The Hall–Kier alpha value is -5.24. The van der Waals surface area contributed by atoms with Gasteiger partial charge in [0.25, 0.3) is 0 Å². The molecule has 1 saturated heterocycles. The van der Waals surface area contributed by atoms with E-state index in [1.165, 1.54) is 0 Å². The number of Topliss-reactive ketones (excluding diaryl/α,β-unsaturated/α-hetero) is 1. The van der Waals surface area contributed by atoms with Crippen LogP contribution in [0.5, 0.6) is 0 Å². The summed E-state index contributed by atoms with van der Waals surface area (Å²) >= 11 is 0. The van der Waals surface area contributed by atoms with Crippen LogP contribution in [0.1, 0.15) is 44.5 Å². The van der Waals surface area contributed by atoms with Gasteiger partial charge in [0.1, 0.15) is 11.4 Å². The molecule has 2 aromatic heterocycles. The molecular formula is C37H35N3O5. The summed E-state index contributed by atoms with van der Waals surface area (Å²) in [6, 6.07) is 27.1. The first-order valence-corrected chi connectivity index (χ1v) is 15.3. The minimum atomic E-state index is -0.410. The lowest BCUT2D eigenvalue weighted by Crippen LogP contribution is -2.49. The maximum atomic E-state index is 13.3. The van der Waals surface area contributed by atoms with E-state index in [4.69, 9.17) is 9.15 Å². The van der Waals surface area contributed by atoms with E-state index in [-0.39, 0.29) is 31.1 Å². The molecule has 6 rings (SSSR count). The van der Waals surface area contributed by atoms with Crippen LogP contribution < -0.4 is 4.90 Å². The highest BCUT2D eigenvalue weighted by atomic mass is 16.5. The summed E-state index contributed by atoms with van der Waals surface area (Å²) in [5.74, 6) is 0.665. The lowest BCUT2D eigenvalue weighted by Gasteiger charge is -2.35. The molecular weight excluding hydrogens is 566 g/mol. The van der Waals surface area contributed by atoms with E-state index in [0.29, 0.717) is 48.6 Å². The molecule has 0 atom stereocenters. The van der Waals surface area contributed by atoms with Crippen LogP contribution in [0.4, 0.5) is 5.82 Å². The predicted molar refractivity (Wildman–Crippen MR) is 174 cm³/mol. The van der Waals surface area contributed by atoms with Crippen LogP contribution in [0.15, 0.2) is 95.5 Å². The Labute approximate surface area is 262 Å². The highest BCUT2D eigenvalue weighted by Gasteiger charge is 2.24. The molecule has 45 heavy (non-hydrogen) atoms. The number of fused-ring (bicyclic) bond motifs is 1. The number of aryl methyl sites for hydroxylation is 1. The first kappa shape index (κ1) is 29.8. The SMILES string of the molecule is CCOC(=O)c1ccccc1CC(=O)N1CCN(c2ccc(CC(=O)c3oc4ccc(-c5ccccc5)cc4c3C)cn2)CC1. The average Bonchev–Trinajstić information content (AvgIpc) is 3.41. The number of nitrogens with zero attached hydrogens (tertiary/aromatic N) is 3. The van der Waals surface area contributed by atoms with Crippen molar-refractivity contribution in [2.24, 2.45) is 0 Å². The Balaban J connectivity index is 1.05. The second-order valence-electron chi connectivity index (χ2n) is 11.2. The molecule has 1 fully saturated rings. The van der Waals surface area contributed by atoms with Crippen LogP contribution in [0, 0.1) is 6.92 Å². The van der Waals surface area contributed by atoms with E-state index >= 15 is 0 Å². The van der Waals surface area contributed by atoms with E-state index < -0.39 is 5.97 Å². The Bertz CT molecular complexity index is 1840. The third-order valence-corrected chi connectivity index (χ3v) is 8.28. The van der Waals surface area contributed by atoms with E-state index in [0.717, 1.165) is 33.5 Å². The van der Waals surface area contributed by atoms with Crippen molar-refractivity contribution in [2.45, 2.75) is 26.7 Å². The zero-order chi connectivity index (χ0) is 31.3. The summed E-state index contributed by atoms with van der Waals surface area (Å²) in [7, 11) is 0. The van der Waals surface area contributed by atoms with Crippen molar-refractivity contribution in [1.29, 1.82) is 0 Å². The number of furan rings is 1. The molecule has 8 nitrogen and oxygen atoms in total. The summed E-state index contributed by atoms with van der Waals surface area (Å²) in [5.41, 5.74) is 5.65. The van der Waals surface area contributed by atoms with Crippen molar-refractivity contribution in [3.8, 4) is 11.1 Å². The largest absolute Gasteiger partial charge is 0.462 e. The molecule has 1 aliphatic rings. The van der Waals surface area contributed by atoms with Gasteiger partial charge >= 0.3 is 5.97 Å². The number of hydrogen-bond donors (Lipinski definition) is 0. The zero-order valence-electron chi connectivity index (χ0n) is 25.5. The molecule has 5 aromatic rings. The fourth-order valence-corrected chi connectivity index (χ4v) is 5.81. The van der Waals surface area contributed by atoms with E-state index in [1.54, 1.807) is 31.3 Å². The predicted octanol–water partition coefficient (Wildman–Crippen LogP) is 6.30. The van der Waals surface area contributed by atoms with Gasteiger partial charge < -0.3 is 19.0 Å². The number of ether oxygens (including phenoxy) is 1. The van der Waals surface area contributed by atoms with Crippen molar-refractivity contribution in [1.82, 2.24) is 9.88 Å². The van der Waals surface area contributed by atoms with Gasteiger partial charge in [0.15, 0.2) is 5.76 Å². The smallest absolute Gasteiger partial charge is 0.338 e. The molecule has 0 bridgehead atoms. The number of pyridine rings is 1. The molecule has 0 saturated carbocycles. The number of amides is 1. The van der Waals surface area contributed by atoms with Crippen LogP contribution in [-0.2, 0) is 22.4 Å². The Morgan fingerprint density at radius 1 is 0.844 bits per heavy atom. The fraction of sp³-hybridized carbons (Fsp3) is 0.243. The molecule has 8 heteroatoms. The Kier molecular flexibility index (Phi) is 8.73. The number of rotatable bonds is 9. The standard InChI is InChI=1S/C37H35N3O5/c1-3-44-37(43)30-12-8-7-11-29(30)23-35(42)40-19-17-39(18-20-40)34-16-13-26(24-38-34)21-32(41)36-25(2)31-22-28(14-15-33(31)45-36)27-9-5-4-6-10-27/h4-16,22,24H,3,17-21,23H2,1-2H3. The van der Waals surface area contributed by atoms with E-state index in [2.05, 4.69) is 28.1 Å². The van der Waals surface area contributed by atoms with Crippen LogP contribution >= 0.6 is 0 Å². The molecule has 1 aliphatic heterocycles. The normalized spacial score (nSPS) is 13.2. The number of ketones is 1. The van der Waals surface area contributed by atoms with Crippen molar-refractivity contribution in [2.75, 3.05) is 37.7 Å². The Morgan fingerprint density at radius 2 is 1.60 bits per heavy atom. The van der Waals surface area contributed by atoms with Crippen LogP contribution in [0.3, 0.4) is 0 Å². The van der Waals surface area contributed by atoms with E-state index in [1.807, 2.05) is 60.4 Å². The highest BCUT2D eigenvalue weighted by Crippen LogP contribution is 2.31. The molecule has 228 valence electrons. The van der Waals surface area contributed by atoms with Gasteiger partial charge in [-0.25, -0.2) is 9.78 Å². The van der Waals surface area contributed by atoms with Crippen LogP contribution in [-0.4, -0.2) is 60.3 Å². The number of carbonyl (C=O) groups excluding carboxylic acids is 3. The van der Waals surface area contributed by atoms with Crippen molar-refractivity contribution >= 4 is 34.4 Å². The van der Waals surface area contributed by atoms with Gasteiger partial charge in [-0.3, -0.25) is 9.59 Å². The molecule has 3 aromatic carbocycles. The van der Waals surface area contributed by atoms with Gasteiger partial charge in [-0.1, -0.05) is 60.7 Å². The summed E-state index contributed by atoms with van der Waals surface area (Å²) in [5, 5.41) is 0.939. The third kappa shape index (κ3) is 6.50. The topological polar surface area (TPSA) is 93.0 Å².